The quantitative estimate of drug-likeness (QED) is 0.187. The molecular formula is C38H58N4O5S. The minimum atomic E-state index is -0.366. The number of carbonyl (C=O) groups is 4. The van der Waals surface area contributed by atoms with Crippen LogP contribution in [0.4, 0.5) is 0 Å². The summed E-state index contributed by atoms with van der Waals surface area (Å²) in [5.74, 6) is -0.751. The van der Waals surface area contributed by atoms with E-state index in [4.69, 9.17) is 4.74 Å². The highest BCUT2D eigenvalue weighted by Gasteiger charge is 2.36. The fourth-order valence-electron chi connectivity index (χ4n) is 6.93. The molecule has 0 aliphatic carbocycles. The highest BCUT2D eigenvalue weighted by atomic mass is 32.1. The van der Waals surface area contributed by atoms with Crippen molar-refractivity contribution in [3.05, 3.63) is 52.0 Å². The second kappa shape index (κ2) is 19.2. The lowest BCUT2D eigenvalue weighted by Crippen LogP contribution is -2.47. The molecule has 0 spiro atoms. The third kappa shape index (κ3) is 11.2. The third-order valence-electron chi connectivity index (χ3n) is 10.2. The normalized spacial score (nSPS) is 18.4. The number of piperidine rings is 1. The topological polar surface area (TPSA) is 109 Å². The number of hydrogen-bond donors (Lipinski definition) is 1. The van der Waals surface area contributed by atoms with Gasteiger partial charge in [-0.3, -0.25) is 24.1 Å². The molecule has 2 amide bonds. The summed E-state index contributed by atoms with van der Waals surface area (Å²) in [5, 5.41) is 5.72. The molecule has 1 saturated heterocycles. The number of rotatable bonds is 18. The van der Waals surface area contributed by atoms with E-state index < -0.39 is 0 Å². The van der Waals surface area contributed by atoms with Gasteiger partial charge < -0.3 is 15.0 Å². The van der Waals surface area contributed by atoms with Crippen molar-refractivity contribution in [2.75, 3.05) is 27.7 Å². The zero-order valence-electron chi connectivity index (χ0n) is 30.4. The van der Waals surface area contributed by atoms with Gasteiger partial charge in [0.2, 0.25) is 5.91 Å². The summed E-state index contributed by atoms with van der Waals surface area (Å²) in [7, 11) is 5.27. The van der Waals surface area contributed by atoms with Gasteiger partial charge in [0.05, 0.1) is 24.1 Å². The van der Waals surface area contributed by atoms with Crippen LogP contribution in [0.5, 0.6) is 0 Å². The van der Waals surface area contributed by atoms with Gasteiger partial charge in [0.25, 0.3) is 5.91 Å². The van der Waals surface area contributed by atoms with Gasteiger partial charge in [-0.1, -0.05) is 77.8 Å². The van der Waals surface area contributed by atoms with E-state index in [0.717, 1.165) is 42.8 Å². The first-order valence-electron chi connectivity index (χ1n) is 17.7. The number of aromatic nitrogens is 1. The van der Waals surface area contributed by atoms with Crippen molar-refractivity contribution in [3.63, 3.8) is 0 Å². The van der Waals surface area contributed by atoms with Crippen LogP contribution < -0.4 is 5.32 Å². The van der Waals surface area contributed by atoms with Gasteiger partial charge in [-0.05, 0) is 63.1 Å². The number of amides is 2. The third-order valence-corrected chi connectivity index (χ3v) is 11.1. The summed E-state index contributed by atoms with van der Waals surface area (Å²) >= 11 is 1.45. The van der Waals surface area contributed by atoms with Gasteiger partial charge in [-0.15, -0.1) is 11.3 Å². The maximum absolute atomic E-state index is 14.0. The van der Waals surface area contributed by atoms with E-state index in [0.29, 0.717) is 31.4 Å². The summed E-state index contributed by atoms with van der Waals surface area (Å²) < 4.78 is 4.92. The average Bonchev–Trinajstić information content (AvgIpc) is 3.55. The Morgan fingerprint density at radius 2 is 1.81 bits per heavy atom. The zero-order chi connectivity index (χ0) is 35.4. The molecule has 9 nitrogen and oxygen atoms in total. The first-order chi connectivity index (χ1) is 22.9. The monoisotopic (exact) mass is 682 g/mol. The maximum atomic E-state index is 14.0. The predicted octanol–water partition coefficient (Wildman–Crippen LogP) is 6.20. The molecule has 1 aromatic heterocycles. The first kappa shape index (κ1) is 39.3. The number of esters is 1. The zero-order valence-corrected chi connectivity index (χ0v) is 31.2. The lowest BCUT2D eigenvalue weighted by molar-refractivity contribution is -0.145. The number of nitrogens with zero attached hydrogens (tertiary/aromatic N) is 3. The molecule has 1 aromatic carbocycles. The second-order valence-electron chi connectivity index (χ2n) is 14.1. The molecule has 0 radical (unpaired) electrons. The Labute approximate surface area is 292 Å². The number of benzene rings is 1. The molecule has 10 heteroatoms. The highest BCUT2D eigenvalue weighted by molar-refractivity contribution is 7.09. The van der Waals surface area contributed by atoms with E-state index >= 15 is 0 Å². The molecular weight excluding hydrogens is 625 g/mol. The van der Waals surface area contributed by atoms with Crippen LogP contribution in [0.2, 0.25) is 0 Å². The number of ketones is 1. The smallest absolute Gasteiger partial charge is 0.308 e. The Hall–Kier alpha value is -3.11. The molecule has 266 valence electrons. The Balaban J connectivity index is 1.66. The standard InChI is InChI=1S/C38H58N4O5S/c1-9-26(4)30(23-34(43)33-17-13-14-20-41(33)6)37(45)42(7)32(25(2)3)18-19-35-40-31(24-48-35)36(44)39-29(21-27(5)38(46)47-8)22-28-15-11-10-12-16-28/h10-12,15-16,24-27,29-30,32-33H,9,13-14,17-23H2,1-8H3,(H,39,44)/t26-,27-,29+,30-,32+,33+/m0/s1. The van der Waals surface area contributed by atoms with E-state index in [2.05, 4.69) is 42.9 Å². The van der Waals surface area contributed by atoms with Crippen molar-refractivity contribution in [2.24, 2.45) is 23.7 Å². The molecule has 0 saturated carbocycles. The molecule has 6 atom stereocenters. The molecule has 0 bridgehead atoms. The number of Topliss-reactive ketones (excluding diaryl/α,β-unsaturated/α-hetero) is 1. The fraction of sp³-hybridized carbons (Fsp3) is 0.658. The molecule has 1 fully saturated rings. The Morgan fingerprint density at radius 3 is 2.44 bits per heavy atom. The number of nitrogens with one attached hydrogen (secondary N) is 1. The number of hydrogen-bond acceptors (Lipinski definition) is 8. The minimum absolute atomic E-state index is 0.0345. The first-order valence-corrected chi connectivity index (χ1v) is 18.6. The van der Waals surface area contributed by atoms with Crippen LogP contribution in [0.3, 0.4) is 0 Å². The average molecular weight is 683 g/mol. The number of ether oxygens (including phenoxy) is 1. The number of aryl methyl sites for hydroxylation is 1. The van der Waals surface area contributed by atoms with E-state index in [-0.39, 0.29) is 71.8 Å². The number of thiazole rings is 1. The SMILES string of the molecule is CC[C@H](C)[C@H](CC(=O)[C@H]1CCCCN1C)C(=O)N(C)[C@H](CCc1nc(C(=O)N[C@@H](Cc2ccccc2)C[C@H](C)C(=O)OC)cs1)C(C)C. The van der Waals surface area contributed by atoms with Gasteiger partial charge in [0, 0.05) is 43.3 Å². The molecule has 1 aliphatic rings. The van der Waals surface area contributed by atoms with Crippen LogP contribution in [-0.4, -0.2) is 84.2 Å². The van der Waals surface area contributed by atoms with Gasteiger partial charge in [-0.25, -0.2) is 4.98 Å². The van der Waals surface area contributed by atoms with Crippen LogP contribution in [0, 0.1) is 23.7 Å². The van der Waals surface area contributed by atoms with Crippen molar-refractivity contribution in [1.82, 2.24) is 20.1 Å². The summed E-state index contributed by atoms with van der Waals surface area (Å²) in [6.07, 6.45) is 6.52. The molecule has 1 N–H and O–H groups in total. The number of methoxy groups -OCH3 is 1. The van der Waals surface area contributed by atoms with Crippen molar-refractivity contribution in [2.45, 2.75) is 111 Å². The van der Waals surface area contributed by atoms with Crippen LogP contribution in [-0.2, 0) is 32.0 Å². The van der Waals surface area contributed by atoms with Crippen molar-refractivity contribution in [3.8, 4) is 0 Å². The summed E-state index contributed by atoms with van der Waals surface area (Å²) in [6.45, 7) is 11.2. The molecule has 1 aliphatic heterocycles. The van der Waals surface area contributed by atoms with Crippen molar-refractivity contribution >= 4 is 34.9 Å². The number of carbonyl (C=O) groups excluding carboxylic acids is 4. The van der Waals surface area contributed by atoms with Crippen LogP contribution in [0.1, 0.15) is 101 Å². The van der Waals surface area contributed by atoms with Gasteiger partial charge in [0.15, 0.2) is 5.78 Å². The molecule has 2 heterocycles. The largest absolute Gasteiger partial charge is 0.469 e. The molecule has 0 unspecified atom stereocenters. The van der Waals surface area contributed by atoms with Crippen LogP contribution in [0.15, 0.2) is 35.7 Å². The van der Waals surface area contributed by atoms with E-state index in [1.807, 2.05) is 56.3 Å². The molecule has 3 rings (SSSR count). The molecule has 48 heavy (non-hydrogen) atoms. The van der Waals surface area contributed by atoms with Crippen molar-refractivity contribution < 1.29 is 23.9 Å². The van der Waals surface area contributed by atoms with Crippen LogP contribution >= 0.6 is 11.3 Å². The Bertz CT molecular complexity index is 1330. The van der Waals surface area contributed by atoms with Gasteiger partial charge in [-0.2, -0.15) is 0 Å². The fourth-order valence-corrected chi connectivity index (χ4v) is 7.72. The van der Waals surface area contributed by atoms with E-state index in [9.17, 15) is 19.2 Å². The second-order valence-corrected chi connectivity index (χ2v) is 15.0. The lowest BCUT2D eigenvalue weighted by Gasteiger charge is -2.37. The Kier molecular flexibility index (Phi) is 15.7. The Morgan fingerprint density at radius 1 is 1.10 bits per heavy atom. The van der Waals surface area contributed by atoms with E-state index in [1.165, 1.54) is 18.4 Å². The van der Waals surface area contributed by atoms with Crippen molar-refractivity contribution in [1.29, 1.82) is 0 Å². The minimum Gasteiger partial charge on any atom is -0.469 e. The lowest BCUT2D eigenvalue weighted by atomic mass is 9.83. The van der Waals surface area contributed by atoms with E-state index in [1.54, 1.807) is 5.38 Å². The highest BCUT2D eigenvalue weighted by Crippen LogP contribution is 2.28. The number of likely N-dealkylation sites (tertiary alicyclic amines) is 1. The summed E-state index contributed by atoms with van der Waals surface area (Å²) in [5.41, 5.74) is 1.42. The maximum Gasteiger partial charge on any atom is 0.308 e. The van der Waals surface area contributed by atoms with Crippen LogP contribution in [0.25, 0.3) is 0 Å². The number of likely N-dealkylation sites (N-methyl/N-ethyl adjacent to an activating group) is 1. The predicted molar refractivity (Wildman–Crippen MR) is 192 cm³/mol. The van der Waals surface area contributed by atoms with Gasteiger partial charge >= 0.3 is 5.97 Å². The summed E-state index contributed by atoms with van der Waals surface area (Å²) in [6, 6.07) is 9.49. The van der Waals surface area contributed by atoms with Gasteiger partial charge in [0.1, 0.15) is 5.69 Å². The molecule has 2 aromatic rings. The summed E-state index contributed by atoms with van der Waals surface area (Å²) in [4.78, 5) is 61.6.